The van der Waals surface area contributed by atoms with E-state index >= 15 is 0 Å². The number of fused-ring (bicyclic) bond motifs is 1. The smallest absolute Gasteiger partial charge is 0.169 e. The Morgan fingerprint density at radius 1 is 1.23 bits per heavy atom. The van der Waals surface area contributed by atoms with Crippen LogP contribution < -0.4 is 10.6 Å². The molecule has 0 bridgehead atoms. The van der Waals surface area contributed by atoms with Crippen LogP contribution in [0.25, 0.3) is 0 Å². The van der Waals surface area contributed by atoms with Gasteiger partial charge in [0.25, 0.3) is 0 Å². The summed E-state index contributed by atoms with van der Waals surface area (Å²) in [5.74, 6) is 1.96. The molecule has 2 N–H and O–H groups in total. The fraction of sp³-hybridized carbons (Fsp3) is 0.706. The van der Waals surface area contributed by atoms with Gasteiger partial charge in [0, 0.05) is 19.1 Å². The highest BCUT2D eigenvalue weighted by atomic mass is 15.3. The first kappa shape index (κ1) is 15.2. The zero-order chi connectivity index (χ0) is 15.7. The van der Waals surface area contributed by atoms with Crippen LogP contribution in [0.3, 0.4) is 0 Å². The zero-order valence-electron chi connectivity index (χ0n) is 13.5. The Hall–Kier alpha value is -1.67. The molecule has 1 saturated heterocycles. The monoisotopic (exact) mass is 299 g/mol. The molecule has 5 heteroatoms. The fourth-order valence-electron chi connectivity index (χ4n) is 4.19. The fourth-order valence-corrected chi connectivity index (χ4v) is 4.19. The van der Waals surface area contributed by atoms with Gasteiger partial charge in [0.1, 0.15) is 11.6 Å². The highest BCUT2D eigenvalue weighted by Gasteiger charge is 2.40. The SMILES string of the molecule is CCc1nnc(N2CC3CCCC(N)C3C2)c(C#N)c1CC. The Morgan fingerprint density at radius 2 is 2.05 bits per heavy atom. The van der Waals surface area contributed by atoms with Crippen molar-refractivity contribution in [2.24, 2.45) is 17.6 Å². The Labute approximate surface area is 132 Å². The van der Waals surface area contributed by atoms with Crippen LogP contribution in [0.1, 0.15) is 49.9 Å². The maximum Gasteiger partial charge on any atom is 0.169 e. The summed E-state index contributed by atoms with van der Waals surface area (Å²) in [6.07, 6.45) is 5.25. The summed E-state index contributed by atoms with van der Waals surface area (Å²) < 4.78 is 0. The Morgan fingerprint density at radius 3 is 2.68 bits per heavy atom. The van der Waals surface area contributed by atoms with E-state index in [2.05, 4.69) is 35.0 Å². The standard InChI is InChI=1S/C17H25N5/c1-3-12-13(8-18)17(21-20-16(12)4-2)22-9-11-6-5-7-15(19)14(11)10-22/h11,14-15H,3-7,9-10,19H2,1-2H3. The third-order valence-electron chi connectivity index (χ3n) is 5.39. The molecule has 0 radical (unpaired) electrons. The number of aromatic nitrogens is 2. The zero-order valence-corrected chi connectivity index (χ0v) is 13.5. The molecule has 1 aromatic rings. The van der Waals surface area contributed by atoms with Crippen LogP contribution in [0.2, 0.25) is 0 Å². The van der Waals surface area contributed by atoms with Gasteiger partial charge in [0.05, 0.1) is 5.69 Å². The topological polar surface area (TPSA) is 78.8 Å². The van der Waals surface area contributed by atoms with Gasteiger partial charge in [-0.05, 0) is 43.1 Å². The molecule has 1 aliphatic heterocycles. The quantitative estimate of drug-likeness (QED) is 0.924. The molecule has 1 aromatic heterocycles. The predicted molar refractivity (Wildman–Crippen MR) is 86.5 cm³/mol. The number of hydrogen-bond donors (Lipinski definition) is 1. The molecule has 2 fully saturated rings. The molecule has 0 spiro atoms. The Kier molecular flexibility index (Phi) is 4.30. The van der Waals surface area contributed by atoms with E-state index < -0.39 is 0 Å². The third kappa shape index (κ3) is 2.46. The molecule has 3 atom stereocenters. The lowest BCUT2D eigenvalue weighted by Crippen LogP contribution is -2.38. The second kappa shape index (κ2) is 6.21. The largest absolute Gasteiger partial charge is 0.353 e. The van der Waals surface area contributed by atoms with Crippen molar-refractivity contribution in [2.45, 2.75) is 52.0 Å². The number of nitrogens with zero attached hydrogens (tertiary/aromatic N) is 4. The van der Waals surface area contributed by atoms with Crippen LogP contribution in [0.5, 0.6) is 0 Å². The number of aryl methyl sites for hydroxylation is 1. The summed E-state index contributed by atoms with van der Waals surface area (Å²) >= 11 is 0. The number of rotatable bonds is 3. The van der Waals surface area contributed by atoms with Crippen molar-refractivity contribution in [3.05, 3.63) is 16.8 Å². The van der Waals surface area contributed by atoms with E-state index in [0.717, 1.165) is 55.0 Å². The molecule has 0 aromatic carbocycles. The minimum absolute atomic E-state index is 0.294. The van der Waals surface area contributed by atoms with E-state index in [-0.39, 0.29) is 0 Å². The molecule has 5 nitrogen and oxygen atoms in total. The van der Waals surface area contributed by atoms with Gasteiger partial charge in [-0.3, -0.25) is 0 Å². The highest BCUT2D eigenvalue weighted by molar-refractivity contribution is 5.58. The summed E-state index contributed by atoms with van der Waals surface area (Å²) in [4.78, 5) is 2.25. The van der Waals surface area contributed by atoms with Gasteiger partial charge in [0.15, 0.2) is 5.82 Å². The van der Waals surface area contributed by atoms with E-state index in [1.165, 1.54) is 12.8 Å². The van der Waals surface area contributed by atoms with Crippen LogP contribution in [0, 0.1) is 23.2 Å². The van der Waals surface area contributed by atoms with Crippen LogP contribution in [-0.4, -0.2) is 29.3 Å². The van der Waals surface area contributed by atoms with E-state index in [9.17, 15) is 5.26 Å². The summed E-state index contributed by atoms with van der Waals surface area (Å²) in [7, 11) is 0. The van der Waals surface area contributed by atoms with Crippen molar-refractivity contribution < 1.29 is 0 Å². The maximum absolute atomic E-state index is 9.65. The molecular formula is C17H25N5. The normalized spacial score (nSPS) is 27.5. The van der Waals surface area contributed by atoms with Gasteiger partial charge in [-0.25, -0.2) is 0 Å². The molecule has 118 valence electrons. The average Bonchev–Trinajstić information content (AvgIpc) is 2.98. The van der Waals surface area contributed by atoms with Crippen molar-refractivity contribution in [3.63, 3.8) is 0 Å². The predicted octanol–water partition coefficient (Wildman–Crippen LogP) is 2.04. The van der Waals surface area contributed by atoms with E-state index in [0.29, 0.717) is 17.9 Å². The Bertz CT molecular complexity index is 591. The molecule has 2 aliphatic rings. The lowest BCUT2D eigenvalue weighted by atomic mass is 9.78. The summed E-state index contributed by atoms with van der Waals surface area (Å²) in [5, 5.41) is 18.4. The molecule has 22 heavy (non-hydrogen) atoms. The molecule has 1 saturated carbocycles. The second-order valence-electron chi connectivity index (χ2n) is 6.57. The molecule has 0 amide bonds. The molecule has 3 unspecified atom stereocenters. The van der Waals surface area contributed by atoms with Gasteiger partial charge in [-0.1, -0.05) is 20.3 Å². The molecule has 2 heterocycles. The summed E-state index contributed by atoms with van der Waals surface area (Å²) in [6, 6.07) is 2.68. The summed E-state index contributed by atoms with van der Waals surface area (Å²) in [6.45, 7) is 6.04. The number of hydrogen-bond acceptors (Lipinski definition) is 5. The second-order valence-corrected chi connectivity index (χ2v) is 6.57. The van der Waals surface area contributed by atoms with Gasteiger partial charge in [-0.15, -0.1) is 5.10 Å². The van der Waals surface area contributed by atoms with Crippen LogP contribution in [0.4, 0.5) is 5.82 Å². The van der Waals surface area contributed by atoms with E-state index in [4.69, 9.17) is 5.73 Å². The van der Waals surface area contributed by atoms with Crippen molar-refractivity contribution >= 4 is 5.82 Å². The van der Waals surface area contributed by atoms with Gasteiger partial charge in [0.2, 0.25) is 0 Å². The first-order valence-electron chi connectivity index (χ1n) is 8.48. The van der Waals surface area contributed by atoms with Crippen LogP contribution in [0.15, 0.2) is 0 Å². The maximum atomic E-state index is 9.65. The number of nitriles is 1. The van der Waals surface area contributed by atoms with Crippen LogP contribution >= 0.6 is 0 Å². The van der Waals surface area contributed by atoms with E-state index in [1.807, 2.05) is 0 Å². The molecular weight excluding hydrogens is 274 g/mol. The van der Waals surface area contributed by atoms with Gasteiger partial charge < -0.3 is 10.6 Å². The third-order valence-corrected chi connectivity index (χ3v) is 5.39. The van der Waals surface area contributed by atoms with Gasteiger partial charge >= 0.3 is 0 Å². The summed E-state index contributed by atoms with van der Waals surface area (Å²) in [5.41, 5.74) is 9.05. The van der Waals surface area contributed by atoms with Crippen molar-refractivity contribution in [1.82, 2.24) is 10.2 Å². The molecule has 3 rings (SSSR count). The average molecular weight is 299 g/mol. The lowest BCUT2D eigenvalue weighted by Gasteiger charge is -2.29. The number of nitrogens with two attached hydrogens (primary N) is 1. The lowest BCUT2D eigenvalue weighted by molar-refractivity contribution is 0.260. The van der Waals surface area contributed by atoms with E-state index in [1.54, 1.807) is 0 Å². The highest BCUT2D eigenvalue weighted by Crippen LogP contribution is 2.38. The van der Waals surface area contributed by atoms with Crippen molar-refractivity contribution in [3.8, 4) is 6.07 Å². The van der Waals surface area contributed by atoms with Crippen LogP contribution in [-0.2, 0) is 12.8 Å². The molecule has 1 aliphatic carbocycles. The minimum atomic E-state index is 0.294. The first-order valence-corrected chi connectivity index (χ1v) is 8.48. The number of anilines is 1. The van der Waals surface area contributed by atoms with Crippen molar-refractivity contribution in [2.75, 3.05) is 18.0 Å². The first-order chi connectivity index (χ1) is 10.7. The van der Waals surface area contributed by atoms with Gasteiger partial charge in [-0.2, -0.15) is 10.4 Å². The minimum Gasteiger partial charge on any atom is -0.353 e. The Balaban J connectivity index is 1.94. The van der Waals surface area contributed by atoms with Crippen molar-refractivity contribution in [1.29, 1.82) is 5.26 Å².